The van der Waals surface area contributed by atoms with Crippen molar-refractivity contribution in [3.63, 3.8) is 0 Å². The van der Waals surface area contributed by atoms with Gasteiger partial charge in [0, 0.05) is 12.1 Å². The summed E-state index contributed by atoms with van der Waals surface area (Å²) >= 11 is 0. The second kappa shape index (κ2) is 7.33. The van der Waals surface area contributed by atoms with E-state index in [0.29, 0.717) is 13.0 Å². The molecular formula is C13H27N3O3. The van der Waals surface area contributed by atoms with Crippen molar-refractivity contribution in [3.05, 3.63) is 0 Å². The lowest BCUT2D eigenvalue weighted by Crippen LogP contribution is -2.53. The third-order valence-electron chi connectivity index (χ3n) is 3.20. The minimum absolute atomic E-state index is 0.186. The molecule has 0 aromatic rings. The minimum atomic E-state index is -1.00. The molecule has 6 heteroatoms. The van der Waals surface area contributed by atoms with Crippen LogP contribution in [0.5, 0.6) is 0 Å². The Bertz CT molecular complexity index is 314. The molecule has 1 unspecified atom stereocenters. The van der Waals surface area contributed by atoms with Gasteiger partial charge in [0.05, 0.1) is 0 Å². The molecule has 3 N–H and O–H groups in total. The summed E-state index contributed by atoms with van der Waals surface area (Å²) in [5.41, 5.74) is -0.186. The smallest absolute Gasteiger partial charge is 0.326 e. The molecule has 0 heterocycles. The lowest BCUT2D eigenvalue weighted by Gasteiger charge is -2.32. The number of hydrogen-bond acceptors (Lipinski definition) is 3. The van der Waals surface area contributed by atoms with E-state index < -0.39 is 18.0 Å². The van der Waals surface area contributed by atoms with E-state index in [2.05, 4.69) is 10.6 Å². The van der Waals surface area contributed by atoms with Crippen molar-refractivity contribution in [1.29, 1.82) is 0 Å². The normalized spacial score (nSPS) is 13.5. The van der Waals surface area contributed by atoms with Crippen LogP contribution in [0.1, 0.15) is 34.1 Å². The fraction of sp³-hybridized carbons (Fsp3) is 0.846. The van der Waals surface area contributed by atoms with E-state index in [0.717, 1.165) is 0 Å². The van der Waals surface area contributed by atoms with Gasteiger partial charge in [-0.2, -0.15) is 0 Å². The molecule has 112 valence electrons. The maximum Gasteiger partial charge on any atom is 0.326 e. The molecule has 0 radical (unpaired) electrons. The quantitative estimate of drug-likeness (QED) is 0.649. The number of urea groups is 1. The van der Waals surface area contributed by atoms with Gasteiger partial charge in [-0.3, -0.25) is 0 Å². The largest absolute Gasteiger partial charge is 0.480 e. The summed E-state index contributed by atoms with van der Waals surface area (Å²) in [6.07, 6.45) is 0.416. The summed E-state index contributed by atoms with van der Waals surface area (Å²) in [5, 5.41) is 14.2. The molecule has 2 amide bonds. The number of nitrogens with zero attached hydrogens (tertiary/aromatic N) is 1. The van der Waals surface area contributed by atoms with Gasteiger partial charge in [-0.1, -0.05) is 13.8 Å². The summed E-state index contributed by atoms with van der Waals surface area (Å²) in [4.78, 5) is 24.7. The van der Waals surface area contributed by atoms with Gasteiger partial charge in [0.2, 0.25) is 0 Å². The first-order chi connectivity index (χ1) is 8.56. The van der Waals surface area contributed by atoms with Crippen molar-refractivity contribution in [1.82, 2.24) is 15.5 Å². The molecule has 19 heavy (non-hydrogen) atoms. The Balaban J connectivity index is 4.32. The average Bonchev–Trinajstić information content (AvgIpc) is 2.24. The number of likely N-dealkylation sites (N-methyl/N-ethyl adjacent to an activating group) is 1. The first-order valence-electron chi connectivity index (χ1n) is 6.51. The Kier molecular flexibility index (Phi) is 6.83. The third-order valence-corrected chi connectivity index (χ3v) is 3.20. The molecule has 0 fully saturated rings. The van der Waals surface area contributed by atoms with Crippen molar-refractivity contribution < 1.29 is 14.7 Å². The Labute approximate surface area is 115 Å². The molecule has 0 aliphatic rings. The lowest BCUT2D eigenvalue weighted by atomic mass is 10.0. The summed E-state index contributed by atoms with van der Waals surface area (Å²) in [7, 11) is 3.86. The Morgan fingerprint density at radius 3 is 2.16 bits per heavy atom. The minimum Gasteiger partial charge on any atom is -0.480 e. The summed E-state index contributed by atoms with van der Waals surface area (Å²) in [5.74, 6) is -0.796. The van der Waals surface area contributed by atoms with Crippen LogP contribution in [-0.4, -0.2) is 54.2 Å². The monoisotopic (exact) mass is 273 g/mol. The second-order valence-corrected chi connectivity index (χ2v) is 6.05. The highest BCUT2D eigenvalue weighted by Crippen LogP contribution is 2.08. The fourth-order valence-electron chi connectivity index (χ4n) is 1.36. The standard InChI is InChI=1S/C13H27N3O3/c1-9(2)7-10(11(17)18)15-12(19)14-8-13(3,4)16(5)6/h9-10H,7-8H2,1-6H3,(H,17,18)(H2,14,15,19). The van der Waals surface area contributed by atoms with E-state index >= 15 is 0 Å². The van der Waals surface area contributed by atoms with Crippen molar-refractivity contribution in [3.8, 4) is 0 Å². The zero-order valence-corrected chi connectivity index (χ0v) is 12.8. The molecule has 0 aliphatic heterocycles. The molecule has 0 spiro atoms. The molecule has 0 aromatic carbocycles. The molecule has 0 rings (SSSR count). The summed E-state index contributed by atoms with van der Waals surface area (Å²) in [6, 6.07) is -1.29. The number of carbonyl (C=O) groups is 2. The van der Waals surface area contributed by atoms with Gasteiger partial charge in [-0.25, -0.2) is 9.59 Å². The summed E-state index contributed by atoms with van der Waals surface area (Å²) in [6.45, 7) is 8.28. The van der Waals surface area contributed by atoms with Crippen LogP contribution in [0.15, 0.2) is 0 Å². The highest BCUT2D eigenvalue weighted by molar-refractivity contribution is 5.82. The SMILES string of the molecule is CC(C)CC(NC(=O)NCC(C)(C)N(C)C)C(=O)O. The van der Waals surface area contributed by atoms with E-state index in [4.69, 9.17) is 5.11 Å². The van der Waals surface area contributed by atoms with Gasteiger partial charge in [-0.15, -0.1) is 0 Å². The van der Waals surface area contributed by atoms with Gasteiger partial charge < -0.3 is 20.6 Å². The van der Waals surface area contributed by atoms with Crippen LogP contribution < -0.4 is 10.6 Å². The van der Waals surface area contributed by atoms with Crippen molar-refractivity contribution >= 4 is 12.0 Å². The van der Waals surface area contributed by atoms with Crippen LogP contribution >= 0.6 is 0 Å². The van der Waals surface area contributed by atoms with Gasteiger partial charge in [0.15, 0.2) is 0 Å². The topological polar surface area (TPSA) is 81.7 Å². The van der Waals surface area contributed by atoms with E-state index in [1.807, 2.05) is 46.7 Å². The van der Waals surface area contributed by atoms with Gasteiger partial charge in [0.1, 0.15) is 6.04 Å². The Morgan fingerprint density at radius 2 is 1.79 bits per heavy atom. The zero-order valence-electron chi connectivity index (χ0n) is 12.8. The maximum atomic E-state index is 11.7. The number of carboxylic acids is 1. The highest BCUT2D eigenvalue weighted by Gasteiger charge is 2.24. The molecule has 0 aromatic heterocycles. The molecule has 0 saturated heterocycles. The molecule has 0 aliphatic carbocycles. The first kappa shape index (κ1) is 17.7. The predicted molar refractivity (Wildman–Crippen MR) is 75.2 cm³/mol. The van der Waals surface area contributed by atoms with Crippen LogP contribution in [0.2, 0.25) is 0 Å². The number of nitrogens with one attached hydrogen (secondary N) is 2. The van der Waals surface area contributed by atoms with Gasteiger partial charge >= 0.3 is 12.0 Å². The van der Waals surface area contributed by atoms with Gasteiger partial charge in [0.25, 0.3) is 0 Å². The molecule has 1 atom stereocenters. The molecule has 6 nitrogen and oxygen atoms in total. The Hall–Kier alpha value is -1.30. The number of aliphatic carboxylic acids is 1. The van der Waals surface area contributed by atoms with Crippen molar-refractivity contribution in [2.75, 3.05) is 20.6 Å². The second-order valence-electron chi connectivity index (χ2n) is 6.05. The molecule has 0 bridgehead atoms. The molecular weight excluding hydrogens is 246 g/mol. The average molecular weight is 273 g/mol. The highest BCUT2D eigenvalue weighted by atomic mass is 16.4. The predicted octanol–water partition coefficient (Wildman–Crippen LogP) is 1.13. The number of rotatable bonds is 7. The van der Waals surface area contributed by atoms with E-state index in [1.54, 1.807) is 0 Å². The number of hydrogen-bond donors (Lipinski definition) is 3. The maximum absolute atomic E-state index is 11.7. The third kappa shape index (κ3) is 7.00. The van der Waals surface area contributed by atoms with Crippen LogP contribution in [0.25, 0.3) is 0 Å². The van der Waals surface area contributed by atoms with Crippen LogP contribution in [0, 0.1) is 5.92 Å². The van der Waals surface area contributed by atoms with Gasteiger partial charge in [-0.05, 0) is 40.3 Å². The summed E-state index contributed by atoms with van der Waals surface area (Å²) < 4.78 is 0. The number of carboxylic acid groups (broad SMARTS) is 1. The van der Waals surface area contributed by atoms with Crippen molar-refractivity contribution in [2.45, 2.75) is 45.7 Å². The Morgan fingerprint density at radius 1 is 1.26 bits per heavy atom. The lowest BCUT2D eigenvalue weighted by molar-refractivity contribution is -0.139. The zero-order chi connectivity index (χ0) is 15.2. The number of carbonyl (C=O) groups excluding carboxylic acids is 1. The fourth-order valence-corrected chi connectivity index (χ4v) is 1.36. The van der Waals surface area contributed by atoms with Crippen molar-refractivity contribution in [2.24, 2.45) is 5.92 Å². The van der Waals surface area contributed by atoms with Crippen LogP contribution in [0.3, 0.4) is 0 Å². The van der Waals surface area contributed by atoms with Crippen LogP contribution in [-0.2, 0) is 4.79 Å². The van der Waals surface area contributed by atoms with E-state index in [-0.39, 0.29) is 11.5 Å². The first-order valence-corrected chi connectivity index (χ1v) is 6.51. The van der Waals surface area contributed by atoms with E-state index in [1.165, 1.54) is 0 Å². The number of amides is 2. The van der Waals surface area contributed by atoms with E-state index in [9.17, 15) is 9.59 Å². The molecule has 0 saturated carbocycles. The van der Waals surface area contributed by atoms with Crippen LogP contribution in [0.4, 0.5) is 4.79 Å².